The Labute approximate surface area is 104 Å². The van der Waals surface area contributed by atoms with Gasteiger partial charge in [-0.1, -0.05) is 0 Å². The fraction of sp³-hybridized carbons (Fsp3) is 0.833. The van der Waals surface area contributed by atoms with E-state index >= 15 is 0 Å². The molecule has 0 saturated heterocycles. The highest BCUT2D eigenvalue weighted by Gasteiger charge is 1.96. The number of hydrogen-bond acceptors (Lipinski definition) is 5. The van der Waals surface area contributed by atoms with Gasteiger partial charge in [0.1, 0.15) is 5.78 Å². The van der Waals surface area contributed by atoms with Gasteiger partial charge in [0.15, 0.2) is 0 Å². The highest BCUT2D eigenvalue weighted by atomic mass is 16.5. The van der Waals surface area contributed by atoms with Crippen LogP contribution in [0.25, 0.3) is 0 Å². The molecule has 5 heteroatoms. The minimum Gasteiger partial charge on any atom is -0.469 e. The molecule has 0 unspecified atom stereocenters. The van der Waals surface area contributed by atoms with E-state index in [9.17, 15) is 9.59 Å². The van der Waals surface area contributed by atoms with Crippen LogP contribution >= 0.6 is 0 Å². The molecule has 0 atom stereocenters. The number of rotatable bonds is 8. The predicted octanol–water partition coefficient (Wildman–Crippen LogP) is 0.993. The van der Waals surface area contributed by atoms with E-state index in [-0.39, 0.29) is 11.8 Å². The van der Waals surface area contributed by atoms with Gasteiger partial charge in [-0.05, 0) is 45.7 Å². The molecule has 0 aromatic carbocycles. The summed E-state index contributed by atoms with van der Waals surface area (Å²) >= 11 is 0. The number of hydrogen-bond donors (Lipinski definition) is 2. The quantitative estimate of drug-likeness (QED) is 0.492. The molecule has 0 aromatic rings. The third-order valence-electron chi connectivity index (χ3n) is 2.05. The highest BCUT2D eigenvalue weighted by Crippen LogP contribution is 1.94. The lowest BCUT2D eigenvalue weighted by Crippen LogP contribution is -2.03. The van der Waals surface area contributed by atoms with Crippen LogP contribution in [0.4, 0.5) is 0 Å². The number of ketones is 1. The Morgan fingerprint density at radius 2 is 1.41 bits per heavy atom. The van der Waals surface area contributed by atoms with Crippen LogP contribution in [0.3, 0.4) is 0 Å². The van der Waals surface area contributed by atoms with Crippen molar-refractivity contribution in [1.82, 2.24) is 0 Å². The molecular weight excluding hydrogens is 220 g/mol. The second-order valence-electron chi connectivity index (χ2n) is 3.77. The lowest BCUT2D eigenvalue weighted by atomic mass is 10.2. The zero-order chi connectivity index (χ0) is 13.5. The van der Waals surface area contributed by atoms with Crippen molar-refractivity contribution in [3.8, 4) is 0 Å². The number of unbranched alkanes of at least 4 members (excludes halogenated alkanes) is 2. The summed E-state index contributed by atoms with van der Waals surface area (Å²) < 4.78 is 4.42. The maximum Gasteiger partial charge on any atom is 0.305 e. The maximum atomic E-state index is 10.4. The van der Waals surface area contributed by atoms with Crippen molar-refractivity contribution in [2.75, 3.05) is 20.2 Å². The first-order valence-corrected chi connectivity index (χ1v) is 6.04. The van der Waals surface area contributed by atoms with Crippen LogP contribution in [-0.4, -0.2) is 32.0 Å². The average molecular weight is 246 g/mol. The van der Waals surface area contributed by atoms with Gasteiger partial charge in [-0.3, -0.25) is 4.79 Å². The van der Waals surface area contributed by atoms with Crippen LogP contribution in [-0.2, 0) is 14.3 Å². The third-order valence-corrected chi connectivity index (χ3v) is 2.05. The fourth-order valence-corrected chi connectivity index (χ4v) is 1.03. The van der Waals surface area contributed by atoms with Gasteiger partial charge in [0.25, 0.3) is 0 Å². The Morgan fingerprint density at radius 1 is 0.941 bits per heavy atom. The monoisotopic (exact) mass is 246 g/mol. The Bertz CT molecular complexity index is 196. The van der Waals surface area contributed by atoms with Gasteiger partial charge >= 0.3 is 5.97 Å². The minimum atomic E-state index is -0.150. The van der Waals surface area contributed by atoms with E-state index in [1.54, 1.807) is 6.92 Å². The van der Waals surface area contributed by atoms with E-state index in [0.717, 1.165) is 25.7 Å². The molecule has 4 N–H and O–H groups in total. The molecule has 5 nitrogen and oxygen atoms in total. The molecule has 102 valence electrons. The molecular formula is C12H26N2O3. The number of carbonyl (C=O) groups excluding carboxylic acids is 2. The molecule has 0 saturated carbocycles. The lowest BCUT2D eigenvalue weighted by molar-refractivity contribution is -0.140. The smallest absolute Gasteiger partial charge is 0.305 e. The van der Waals surface area contributed by atoms with Crippen molar-refractivity contribution < 1.29 is 14.3 Å². The SMILES string of the molecule is CC(=O)CCCCN.COC(=O)CCCCN. The number of Topliss-reactive ketones (excluding diaryl/α,β-unsaturated/α-hetero) is 1. The van der Waals surface area contributed by atoms with Crippen LogP contribution in [0.1, 0.15) is 45.4 Å². The van der Waals surface area contributed by atoms with E-state index < -0.39 is 0 Å². The summed E-state index contributed by atoms with van der Waals surface area (Å²) in [5.74, 6) is 0.113. The van der Waals surface area contributed by atoms with E-state index in [2.05, 4.69) is 4.74 Å². The largest absolute Gasteiger partial charge is 0.469 e. The van der Waals surface area contributed by atoms with Gasteiger partial charge in [0.05, 0.1) is 7.11 Å². The second-order valence-corrected chi connectivity index (χ2v) is 3.77. The van der Waals surface area contributed by atoms with Crippen molar-refractivity contribution in [2.24, 2.45) is 11.5 Å². The number of esters is 1. The van der Waals surface area contributed by atoms with Gasteiger partial charge in [0.2, 0.25) is 0 Å². The molecule has 0 heterocycles. The van der Waals surface area contributed by atoms with E-state index in [1.807, 2.05) is 0 Å². The predicted molar refractivity (Wildman–Crippen MR) is 68.5 cm³/mol. The zero-order valence-electron chi connectivity index (χ0n) is 11.0. The third kappa shape index (κ3) is 21.0. The molecule has 0 fully saturated rings. The first kappa shape index (κ1) is 18.4. The summed E-state index contributed by atoms with van der Waals surface area (Å²) in [6, 6.07) is 0. The van der Waals surface area contributed by atoms with E-state index in [1.165, 1.54) is 7.11 Å². The average Bonchev–Trinajstić information content (AvgIpc) is 2.30. The molecule has 0 aliphatic rings. The molecule has 0 rings (SSSR count). The number of carbonyl (C=O) groups is 2. The Hall–Kier alpha value is -0.940. The molecule has 0 radical (unpaired) electrons. The molecule has 0 aromatic heterocycles. The molecule has 0 aliphatic heterocycles. The summed E-state index contributed by atoms with van der Waals surface area (Å²) in [6.45, 7) is 2.96. The standard InChI is InChI=1S/C6H13NO2.C6H13NO/c1-9-6(8)4-2-3-5-7;1-6(8)4-2-3-5-7/h2-5,7H2,1H3;2-5,7H2,1H3. The van der Waals surface area contributed by atoms with Gasteiger partial charge in [-0.2, -0.15) is 0 Å². The fourth-order valence-electron chi connectivity index (χ4n) is 1.03. The van der Waals surface area contributed by atoms with Crippen LogP contribution in [0.5, 0.6) is 0 Å². The van der Waals surface area contributed by atoms with E-state index in [4.69, 9.17) is 11.5 Å². The van der Waals surface area contributed by atoms with Crippen molar-refractivity contribution in [3.05, 3.63) is 0 Å². The summed E-state index contributed by atoms with van der Waals surface area (Å²) in [4.78, 5) is 20.7. The first-order valence-electron chi connectivity index (χ1n) is 6.04. The second kappa shape index (κ2) is 15.1. The molecule has 0 spiro atoms. The van der Waals surface area contributed by atoms with Gasteiger partial charge in [0, 0.05) is 12.8 Å². The summed E-state index contributed by atoms with van der Waals surface area (Å²) in [7, 11) is 1.39. The zero-order valence-corrected chi connectivity index (χ0v) is 11.0. The van der Waals surface area contributed by atoms with Crippen LogP contribution in [0.2, 0.25) is 0 Å². The molecule has 17 heavy (non-hydrogen) atoms. The molecule has 0 aliphatic carbocycles. The Morgan fingerprint density at radius 3 is 1.76 bits per heavy atom. The van der Waals surface area contributed by atoms with Crippen molar-refractivity contribution in [2.45, 2.75) is 45.4 Å². The molecule has 0 amide bonds. The number of methoxy groups -OCH3 is 1. The highest BCUT2D eigenvalue weighted by molar-refractivity contribution is 5.75. The minimum absolute atomic E-state index is 0.150. The number of nitrogens with two attached hydrogens (primary N) is 2. The Kier molecular flexibility index (Phi) is 16.3. The summed E-state index contributed by atoms with van der Waals surface area (Å²) in [5, 5.41) is 0. The topological polar surface area (TPSA) is 95.4 Å². The van der Waals surface area contributed by atoms with Gasteiger partial charge in [-0.25, -0.2) is 0 Å². The van der Waals surface area contributed by atoms with Crippen LogP contribution in [0.15, 0.2) is 0 Å². The van der Waals surface area contributed by atoms with Crippen LogP contribution < -0.4 is 11.5 Å². The van der Waals surface area contributed by atoms with Gasteiger partial charge in [-0.15, -0.1) is 0 Å². The normalized spacial score (nSPS) is 9.18. The summed E-state index contributed by atoms with van der Waals surface area (Å²) in [5.41, 5.74) is 10.4. The summed E-state index contributed by atoms with van der Waals surface area (Å²) in [6.07, 6.45) is 4.84. The van der Waals surface area contributed by atoms with Gasteiger partial charge < -0.3 is 21.0 Å². The maximum absolute atomic E-state index is 10.4. The lowest BCUT2D eigenvalue weighted by Gasteiger charge is -1.95. The number of ether oxygens (including phenoxy) is 1. The molecule has 0 bridgehead atoms. The van der Waals surface area contributed by atoms with Crippen molar-refractivity contribution in [3.63, 3.8) is 0 Å². The van der Waals surface area contributed by atoms with Crippen LogP contribution in [0, 0.1) is 0 Å². The van der Waals surface area contributed by atoms with Crippen molar-refractivity contribution >= 4 is 11.8 Å². The van der Waals surface area contributed by atoms with Crippen molar-refractivity contribution in [1.29, 1.82) is 0 Å². The first-order chi connectivity index (χ1) is 8.08. The van der Waals surface area contributed by atoms with E-state index in [0.29, 0.717) is 25.9 Å². The Balaban J connectivity index is 0.